The monoisotopic (exact) mass is 328 g/mol. The van der Waals surface area contributed by atoms with Crippen molar-refractivity contribution >= 4 is 22.8 Å². The smallest absolute Gasteiger partial charge is 0.326 e. The van der Waals surface area contributed by atoms with E-state index < -0.39 is 12.0 Å². The Hall–Kier alpha value is -2.30. The van der Waals surface area contributed by atoms with Gasteiger partial charge in [-0.25, -0.2) is 4.79 Å². The van der Waals surface area contributed by atoms with E-state index in [1.807, 2.05) is 30.5 Å². The van der Waals surface area contributed by atoms with Crippen LogP contribution in [0.3, 0.4) is 0 Å². The minimum Gasteiger partial charge on any atom is -0.480 e. The average Bonchev–Trinajstić information content (AvgIpc) is 2.97. The van der Waals surface area contributed by atoms with Crippen molar-refractivity contribution in [3.8, 4) is 0 Å². The zero-order chi connectivity index (χ0) is 17.1. The molecule has 0 radical (unpaired) electrons. The predicted molar refractivity (Wildman–Crippen MR) is 92.7 cm³/mol. The number of para-hydroxylation sites is 1. The molecular formula is C19H24N2O3. The van der Waals surface area contributed by atoms with Crippen molar-refractivity contribution in [3.05, 3.63) is 36.0 Å². The van der Waals surface area contributed by atoms with E-state index in [2.05, 4.69) is 17.2 Å². The highest BCUT2D eigenvalue weighted by molar-refractivity contribution is 5.87. The van der Waals surface area contributed by atoms with Crippen LogP contribution in [0, 0.1) is 11.8 Å². The number of carbonyl (C=O) groups excluding carboxylic acids is 1. The molecule has 3 atom stereocenters. The Bertz CT molecular complexity index is 737. The fraction of sp³-hybridized carbons (Fsp3) is 0.474. The molecule has 3 rings (SSSR count). The van der Waals surface area contributed by atoms with Crippen LogP contribution in [0.4, 0.5) is 0 Å². The number of aliphatic carboxylic acids is 1. The Morgan fingerprint density at radius 2 is 2.04 bits per heavy atom. The topological polar surface area (TPSA) is 82.2 Å². The fourth-order valence-corrected chi connectivity index (χ4v) is 3.71. The van der Waals surface area contributed by atoms with Crippen LogP contribution >= 0.6 is 0 Å². The molecular weight excluding hydrogens is 304 g/mol. The number of rotatable bonds is 5. The summed E-state index contributed by atoms with van der Waals surface area (Å²) in [5.41, 5.74) is 1.89. The summed E-state index contributed by atoms with van der Waals surface area (Å²) in [6.45, 7) is 2.08. The summed E-state index contributed by atoms with van der Waals surface area (Å²) in [6.07, 6.45) is 6.21. The quantitative estimate of drug-likeness (QED) is 0.789. The number of carboxylic acid groups (broad SMARTS) is 1. The molecule has 1 fully saturated rings. The van der Waals surface area contributed by atoms with E-state index in [0.29, 0.717) is 5.92 Å². The Kier molecular flexibility index (Phi) is 4.88. The lowest BCUT2D eigenvalue weighted by Gasteiger charge is -2.28. The number of nitrogens with one attached hydrogen (secondary N) is 2. The van der Waals surface area contributed by atoms with Gasteiger partial charge in [0.2, 0.25) is 5.91 Å². The van der Waals surface area contributed by atoms with Gasteiger partial charge in [0, 0.05) is 29.4 Å². The summed E-state index contributed by atoms with van der Waals surface area (Å²) < 4.78 is 0. The highest BCUT2D eigenvalue weighted by Gasteiger charge is 2.31. The molecule has 2 unspecified atom stereocenters. The molecule has 5 nitrogen and oxygen atoms in total. The van der Waals surface area contributed by atoms with Gasteiger partial charge in [-0.15, -0.1) is 0 Å². The second kappa shape index (κ2) is 7.07. The van der Waals surface area contributed by atoms with Crippen LogP contribution < -0.4 is 5.32 Å². The summed E-state index contributed by atoms with van der Waals surface area (Å²) in [4.78, 5) is 27.3. The molecule has 1 aromatic carbocycles. The van der Waals surface area contributed by atoms with Crippen LogP contribution in [-0.4, -0.2) is 28.0 Å². The van der Waals surface area contributed by atoms with Crippen molar-refractivity contribution in [2.24, 2.45) is 11.8 Å². The second-order valence-electron chi connectivity index (χ2n) is 6.83. The van der Waals surface area contributed by atoms with Gasteiger partial charge in [0.15, 0.2) is 0 Å². The number of amides is 1. The lowest BCUT2D eigenvalue weighted by atomic mass is 9.80. The van der Waals surface area contributed by atoms with Crippen molar-refractivity contribution in [1.29, 1.82) is 0 Å². The number of fused-ring (bicyclic) bond motifs is 1. The molecule has 128 valence electrons. The van der Waals surface area contributed by atoms with E-state index in [1.165, 1.54) is 0 Å². The molecule has 3 N–H and O–H groups in total. The Balaban J connectivity index is 1.73. The van der Waals surface area contributed by atoms with E-state index in [9.17, 15) is 14.7 Å². The zero-order valence-corrected chi connectivity index (χ0v) is 13.9. The maximum Gasteiger partial charge on any atom is 0.326 e. The van der Waals surface area contributed by atoms with Gasteiger partial charge in [-0.2, -0.15) is 0 Å². The van der Waals surface area contributed by atoms with Crippen molar-refractivity contribution < 1.29 is 14.7 Å². The minimum absolute atomic E-state index is 0.0661. The summed E-state index contributed by atoms with van der Waals surface area (Å²) in [5, 5.41) is 13.3. The third kappa shape index (κ3) is 3.45. The number of aromatic amines is 1. The highest BCUT2D eigenvalue weighted by atomic mass is 16.4. The minimum atomic E-state index is -0.989. The van der Waals surface area contributed by atoms with E-state index in [1.54, 1.807) is 0 Å². The third-order valence-corrected chi connectivity index (χ3v) is 5.16. The number of aromatic nitrogens is 1. The standard InChI is InChI=1S/C19H24N2O3/c1-12-6-2-3-7-14(12)18(22)21-17(19(23)24)10-13-11-20-16-9-5-4-8-15(13)16/h4-5,8-9,11-12,14,17,20H,2-3,6-7,10H2,1H3,(H,21,22)(H,23,24)/t12?,14?,17-/m0/s1. The average molecular weight is 328 g/mol. The largest absolute Gasteiger partial charge is 0.480 e. The van der Waals surface area contributed by atoms with Gasteiger partial charge in [0.05, 0.1) is 0 Å². The van der Waals surface area contributed by atoms with Crippen LogP contribution in [0.5, 0.6) is 0 Å². The van der Waals surface area contributed by atoms with Gasteiger partial charge in [0.25, 0.3) is 0 Å². The lowest BCUT2D eigenvalue weighted by Crippen LogP contribution is -2.46. The molecule has 0 saturated heterocycles. The normalized spacial score (nSPS) is 22.2. The van der Waals surface area contributed by atoms with Crippen molar-refractivity contribution in [2.45, 2.75) is 45.1 Å². The van der Waals surface area contributed by atoms with E-state index >= 15 is 0 Å². The fourth-order valence-electron chi connectivity index (χ4n) is 3.71. The molecule has 1 aromatic heterocycles. The number of hydrogen-bond donors (Lipinski definition) is 3. The summed E-state index contributed by atoms with van der Waals surface area (Å²) in [5.74, 6) is -0.851. The zero-order valence-electron chi connectivity index (χ0n) is 13.9. The highest BCUT2D eigenvalue weighted by Crippen LogP contribution is 2.29. The van der Waals surface area contributed by atoms with Gasteiger partial charge in [-0.3, -0.25) is 4.79 Å². The summed E-state index contributed by atoms with van der Waals surface area (Å²) in [7, 11) is 0. The van der Waals surface area contributed by atoms with E-state index in [0.717, 1.165) is 42.1 Å². The van der Waals surface area contributed by atoms with Crippen LogP contribution in [0.2, 0.25) is 0 Å². The summed E-state index contributed by atoms with van der Waals surface area (Å²) >= 11 is 0. The molecule has 1 amide bonds. The molecule has 5 heteroatoms. The molecule has 1 saturated carbocycles. The van der Waals surface area contributed by atoms with Crippen molar-refractivity contribution in [1.82, 2.24) is 10.3 Å². The molecule has 24 heavy (non-hydrogen) atoms. The molecule has 1 aliphatic rings. The van der Waals surface area contributed by atoms with Crippen LogP contribution in [0.25, 0.3) is 10.9 Å². The first-order chi connectivity index (χ1) is 11.6. The number of hydrogen-bond acceptors (Lipinski definition) is 2. The SMILES string of the molecule is CC1CCCCC1C(=O)N[C@@H](Cc1c[nH]c2ccccc12)C(=O)O. The van der Waals surface area contributed by atoms with Gasteiger partial charge in [-0.05, 0) is 30.4 Å². The van der Waals surface area contributed by atoms with Gasteiger partial charge in [0.1, 0.15) is 6.04 Å². The first kappa shape index (κ1) is 16.6. The lowest BCUT2D eigenvalue weighted by molar-refractivity contribution is -0.143. The molecule has 0 aliphatic heterocycles. The predicted octanol–water partition coefficient (Wildman–Crippen LogP) is 3.11. The molecule has 1 aliphatic carbocycles. The van der Waals surface area contributed by atoms with Gasteiger partial charge >= 0.3 is 5.97 Å². The van der Waals surface area contributed by atoms with Crippen molar-refractivity contribution in [3.63, 3.8) is 0 Å². The van der Waals surface area contributed by atoms with Crippen LogP contribution in [-0.2, 0) is 16.0 Å². The van der Waals surface area contributed by atoms with Crippen LogP contribution in [0.15, 0.2) is 30.5 Å². The van der Waals surface area contributed by atoms with Gasteiger partial charge < -0.3 is 15.4 Å². The maximum absolute atomic E-state index is 12.5. The van der Waals surface area contributed by atoms with E-state index in [-0.39, 0.29) is 18.2 Å². The van der Waals surface area contributed by atoms with Crippen molar-refractivity contribution in [2.75, 3.05) is 0 Å². The molecule has 2 aromatic rings. The third-order valence-electron chi connectivity index (χ3n) is 5.16. The van der Waals surface area contributed by atoms with E-state index in [4.69, 9.17) is 0 Å². The Labute approximate surface area is 141 Å². The molecule has 0 spiro atoms. The maximum atomic E-state index is 12.5. The summed E-state index contributed by atoms with van der Waals surface area (Å²) in [6, 6.07) is 6.88. The number of carbonyl (C=O) groups is 2. The second-order valence-corrected chi connectivity index (χ2v) is 6.83. The number of benzene rings is 1. The molecule has 0 bridgehead atoms. The first-order valence-electron chi connectivity index (χ1n) is 8.64. The first-order valence-corrected chi connectivity index (χ1v) is 8.64. The Morgan fingerprint density at radius 1 is 1.29 bits per heavy atom. The molecule has 1 heterocycles. The van der Waals surface area contributed by atoms with Crippen LogP contribution in [0.1, 0.15) is 38.2 Å². The van der Waals surface area contributed by atoms with Gasteiger partial charge in [-0.1, -0.05) is 38.0 Å². The number of carboxylic acids is 1. The number of H-pyrrole nitrogens is 1. The Morgan fingerprint density at radius 3 is 2.79 bits per heavy atom.